The van der Waals surface area contributed by atoms with Gasteiger partial charge in [0.1, 0.15) is 23.7 Å². The molecule has 278 valence electrons. The van der Waals surface area contributed by atoms with Gasteiger partial charge in [-0.25, -0.2) is 18.2 Å². The number of para-hydroxylation sites is 1. The Morgan fingerprint density at radius 3 is 2.60 bits per heavy atom. The van der Waals surface area contributed by atoms with Crippen LogP contribution in [-0.4, -0.2) is 84.2 Å². The fraction of sp³-hybridized carbons (Fsp3) is 0.553. The number of rotatable bonds is 7. The van der Waals surface area contributed by atoms with Crippen molar-refractivity contribution in [3.8, 4) is 5.88 Å². The number of ether oxygens (including phenoxy) is 2. The zero-order chi connectivity index (χ0) is 36.5. The third-order valence-electron chi connectivity index (χ3n) is 11.0. The maximum absolute atomic E-state index is 14.7. The quantitative estimate of drug-likeness (QED) is 0.354. The fourth-order valence-corrected chi connectivity index (χ4v) is 9.18. The number of aromatic nitrogens is 1. The highest BCUT2D eigenvalue weighted by Crippen LogP contribution is 2.45. The number of fused-ring (bicyclic) bond motifs is 4. The highest BCUT2D eigenvalue weighted by Gasteiger charge is 2.62. The number of allylic oxidation sites excluding steroid dienone is 1. The predicted molar refractivity (Wildman–Crippen MR) is 193 cm³/mol. The van der Waals surface area contributed by atoms with E-state index in [0.717, 1.165) is 61.4 Å². The Morgan fingerprint density at radius 2 is 1.85 bits per heavy atom. The van der Waals surface area contributed by atoms with Gasteiger partial charge in [-0.3, -0.25) is 19.1 Å². The molecule has 3 N–H and O–H groups in total. The molecule has 2 bridgehead atoms. The maximum atomic E-state index is 14.7. The number of alkyl carbamates (subject to hydrolysis) is 1. The lowest BCUT2D eigenvalue weighted by molar-refractivity contribution is -0.142. The van der Waals surface area contributed by atoms with E-state index in [0.29, 0.717) is 25.1 Å². The summed E-state index contributed by atoms with van der Waals surface area (Å²) in [6, 6.07) is 7.67. The minimum absolute atomic E-state index is 0.0225. The number of cyclic esters (lactones) is 1. The van der Waals surface area contributed by atoms with E-state index in [2.05, 4.69) is 21.9 Å². The van der Waals surface area contributed by atoms with Gasteiger partial charge in [-0.1, -0.05) is 55.7 Å². The Balaban J connectivity index is 1.21. The molecule has 2 aromatic rings. The Labute approximate surface area is 304 Å². The SMILES string of the molecule is C=C[C@H]1C[C@]1(NC(=O)[C@@H]1C[C@@H]2CN1C(=O)[C@H](C1CCCCC1)NC(=O)OCCCC/C=C/c1cc3ccccc3nc1O2)C(=O)NS(=O)(=O)C1CC1. The van der Waals surface area contributed by atoms with Crippen LogP contribution in [0.5, 0.6) is 5.88 Å². The average molecular weight is 734 g/mol. The van der Waals surface area contributed by atoms with Gasteiger partial charge in [-0.05, 0) is 69.4 Å². The number of carbonyl (C=O) groups excluding carboxylic acids is 4. The third-order valence-corrected chi connectivity index (χ3v) is 12.9. The number of pyridine rings is 1. The van der Waals surface area contributed by atoms with Crippen LogP contribution in [0.1, 0.15) is 82.6 Å². The second kappa shape index (κ2) is 14.9. The van der Waals surface area contributed by atoms with E-state index in [9.17, 15) is 27.6 Å². The second-order valence-corrected chi connectivity index (χ2v) is 16.8. The maximum Gasteiger partial charge on any atom is 0.407 e. The van der Waals surface area contributed by atoms with Crippen molar-refractivity contribution in [2.75, 3.05) is 13.2 Å². The summed E-state index contributed by atoms with van der Waals surface area (Å²) in [6.07, 6.45) is 11.8. The minimum atomic E-state index is -3.88. The number of nitrogens with one attached hydrogen (secondary N) is 3. The first-order valence-corrected chi connectivity index (χ1v) is 20.1. The predicted octanol–water partition coefficient (Wildman–Crippen LogP) is 4.12. The Hall–Kier alpha value is -4.46. The molecule has 4 fully saturated rings. The summed E-state index contributed by atoms with van der Waals surface area (Å²) in [6.45, 7) is 4.01. The van der Waals surface area contributed by atoms with E-state index in [-0.39, 0.29) is 31.9 Å². The lowest BCUT2D eigenvalue weighted by atomic mass is 9.83. The number of hydrogen-bond acceptors (Lipinski definition) is 9. The van der Waals surface area contributed by atoms with Crippen molar-refractivity contribution in [1.82, 2.24) is 25.2 Å². The van der Waals surface area contributed by atoms with Crippen LogP contribution >= 0.6 is 0 Å². The number of benzene rings is 1. The highest BCUT2D eigenvalue weighted by atomic mass is 32.2. The van der Waals surface area contributed by atoms with Gasteiger partial charge >= 0.3 is 6.09 Å². The molecule has 0 radical (unpaired) electrons. The van der Waals surface area contributed by atoms with Crippen LogP contribution in [0, 0.1) is 11.8 Å². The summed E-state index contributed by atoms with van der Waals surface area (Å²) in [4.78, 5) is 61.9. The normalized spacial score (nSPS) is 29.4. The van der Waals surface area contributed by atoms with Crippen molar-refractivity contribution >= 4 is 50.8 Å². The molecular formula is C38H47N5O8S. The van der Waals surface area contributed by atoms with Gasteiger partial charge in [0.25, 0.3) is 5.91 Å². The summed E-state index contributed by atoms with van der Waals surface area (Å²) >= 11 is 0. The first kappa shape index (κ1) is 35.9. The molecule has 5 aliphatic rings. The van der Waals surface area contributed by atoms with Crippen molar-refractivity contribution in [2.45, 2.75) is 106 Å². The molecule has 7 rings (SSSR count). The smallest absolute Gasteiger partial charge is 0.407 e. The lowest BCUT2D eigenvalue weighted by Gasteiger charge is -2.34. The van der Waals surface area contributed by atoms with E-state index >= 15 is 0 Å². The third kappa shape index (κ3) is 7.67. The van der Waals surface area contributed by atoms with Crippen LogP contribution in [0.15, 0.2) is 49.1 Å². The number of sulfonamides is 1. The molecule has 2 aliphatic heterocycles. The van der Waals surface area contributed by atoms with E-state index in [1.807, 2.05) is 42.5 Å². The van der Waals surface area contributed by atoms with Crippen molar-refractivity contribution in [2.24, 2.45) is 11.8 Å². The number of nitrogens with zero attached hydrogens (tertiary/aromatic N) is 2. The Kier molecular flexibility index (Phi) is 10.3. The van der Waals surface area contributed by atoms with Gasteiger partial charge in [0.2, 0.25) is 27.7 Å². The first-order chi connectivity index (χ1) is 25.1. The highest BCUT2D eigenvalue weighted by molar-refractivity contribution is 7.91. The van der Waals surface area contributed by atoms with Gasteiger partial charge in [-0.15, -0.1) is 6.58 Å². The van der Waals surface area contributed by atoms with Gasteiger partial charge in [0, 0.05) is 23.3 Å². The molecule has 0 unspecified atom stereocenters. The molecule has 1 saturated heterocycles. The molecule has 4 amide bonds. The topological polar surface area (TPSA) is 173 Å². The van der Waals surface area contributed by atoms with E-state index in [1.54, 1.807) is 0 Å². The molecule has 1 aromatic heterocycles. The Morgan fingerprint density at radius 1 is 1.06 bits per heavy atom. The van der Waals surface area contributed by atoms with Crippen molar-refractivity contribution in [3.63, 3.8) is 0 Å². The first-order valence-electron chi connectivity index (χ1n) is 18.6. The molecule has 3 heterocycles. The zero-order valence-corrected chi connectivity index (χ0v) is 30.1. The van der Waals surface area contributed by atoms with Gasteiger partial charge in [0.15, 0.2) is 0 Å². The molecule has 13 nitrogen and oxygen atoms in total. The van der Waals surface area contributed by atoms with Crippen LogP contribution < -0.4 is 20.1 Å². The van der Waals surface area contributed by atoms with Crippen LogP contribution in [0.3, 0.4) is 0 Å². The van der Waals surface area contributed by atoms with E-state index < -0.39 is 68.7 Å². The summed E-state index contributed by atoms with van der Waals surface area (Å²) < 4.78 is 39.7. The standard InChI is InChI=1S/C38H47N5O8S/c1-2-27-22-38(27,36(46)42-52(48,49)29-17-18-29)41-33(44)31-21-28-23-43(31)35(45)32(24-12-7-5-8-13-24)40-37(47)50-19-11-4-3-6-15-26-20-25-14-9-10-16-30(25)39-34(26)51-28/h2,6,9-10,14-16,20,24,27-29,31-32H,1,3-5,7-8,11-13,17-19,21-23H2,(H,40,47)(H,41,44)(H,42,46)/b15-6+/t27-,28+,31-,32-,38+/m0/s1. The van der Waals surface area contributed by atoms with Crippen LogP contribution in [0.4, 0.5) is 4.79 Å². The lowest BCUT2D eigenvalue weighted by Crippen LogP contribution is -2.59. The largest absolute Gasteiger partial charge is 0.472 e. The molecule has 0 spiro atoms. The molecule has 3 aliphatic carbocycles. The number of hydrogen-bond donors (Lipinski definition) is 3. The summed E-state index contributed by atoms with van der Waals surface area (Å²) in [5.74, 6) is -2.15. The van der Waals surface area contributed by atoms with Crippen molar-refractivity contribution in [3.05, 3.63) is 54.6 Å². The van der Waals surface area contributed by atoms with Crippen molar-refractivity contribution < 1.29 is 37.1 Å². The van der Waals surface area contributed by atoms with Crippen LogP contribution in [0.2, 0.25) is 0 Å². The van der Waals surface area contributed by atoms with E-state index in [4.69, 9.17) is 14.5 Å². The molecule has 5 atom stereocenters. The van der Waals surface area contributed by atoms with Crippen LogP contribution in [-0.2, 0) is 29.1 Å². The van der Waals surface area contributed by atoms with Crippen LogP contribution in [0.25, 0.3) is 17.0 Å². The fourth-order valence-electron chi connectivity index (χ4n) is 7.82. The monoisotopic (exact) mass is 733 g/mol. The Bertz CT molecular complexity index is 1870. The van der Waals surface area contributed by atoms with Crippen molar-refractivity contribution in [1.29, 1.82) is 0 Å². The average Bonchev–Trinajstić information content (AvgIpc) is 4.07. The van der Waals surface area contributed by atoms with Gasteiger partial charge < -0.3 is 25.0 Å². The second-order valence-electron chi connectivity index (χ2n) is 14.8. The molecule has 52 heavy (non-hydrogen) atoms. The summed E-state index contributed by atoms with van der Waals surface area (Å²) in [7, 11) is -3.88. The molecule has 1 aromatic carbocycles. The van der Waals surface area contributed by atoms with Gasteiger partial charge in [-0.2, -0.15) is 0 Å². The van der Waals surface area contributed by atoms with E-state index in [1.165, 1.54) is 11.0 Å². The number of carbonyl (C=O) groups is 4. The molecule has 3 saturated carbocycles. The summed E-state index contributed by atoms with van der Waals surface area (Å²) in [5, 5.41) is 6.00. The molecule has 14 heteroatoms. The summed E-state index contributed by atoms with van der Waals surface area (Å²) in [5.41, 5.74) is -0.0391. The minimum Gasteiger partial charge on any atom is -0.472 e. The number of amides is 4. The zero-order valence-electron chi connectivity index (χ0n) is 29.3. The van der Waals surface area contributed by atoms with Gasteiger partial charge in [0.05, 0.1) is 23.9 Å². The molecular weight excluding hydrogens is 687 g/mol.